The maximum atomic E-state index is 9.63. The summed E-state index contributed by atoms with van der Waals surface area (Å²) in [4.78, 5) is 7.03. The Balaban J connectivity index is 1.05. The van der Waals surface area contributed by atoms with Crippen molar-refractivity contribution in [3.63, 3.8) is 0 Å². The Kier molecular flexibility index (Phi) is 7.05. The van der Waals surface area contributed by atoms with E-state index in [2.05, 4.69) is 65.0 Å². The first-order valence-corrected chi connectivity index (χ1v) is 17.6. The third kappa shape index (κ3) is 6.09. The van der Waals surface area contributed by atoms with Gasteiger partial charge in [0.25, 0.3) is 0 Å². The minimum absolute atomic E-state index is 0.0727. The van der Waals surface area contributed by atoms with Gasteiger partial charge in [-0.25, -0.2) is 9.67 Å². The van der Waals surface area contributed by atoms with Crippen molar-refractivity contribution < 1.29 is 14.6 Å². The van der Waals surface area contributed by atoms with Crippen LogP contribution in [0.3, 0.4) is 0 Å². The monoisotopic (exact) mass is 542 g/mol. The Labute approximate surface area is 231 Å². The zero-order valence-corrected chi connectivity index (χ0v) is 24.1. The molecule has 1 saturated heterocycles. The Morgan fingerprint density at radius 3 is 2.54 bits per heavy atom. The second kappa shape index (κ2) is 10.5. The van der Waals surface area contributed by atoms with Gasteiger partial charge in [0.15, 0.2) is 0 Å². The number of hydrogen-bond donors (Lipinski definition) is 1. The highest BCUT2D eigenvalue weighted by atomic mass is 28.3. The van der Waals surface area contributed by atoms with Crippen molar-refractivity contribution in [3.8, 4) is 22.9 Å². The number of nitrogens with zero attached hydrogens (tertiary/aromatic N) is 4. The minimum atomic E-state index is -1.11. The number of aliphatic hydroxyl groups excluding tert-OH is 1. The molecule has 2 aromatic carbocycles. The second-order valence-corrected chi connectivity index (χ2v) is 18.2. The molecule has 2 aromatic heterocycles. The fourth-order valence-corrected chi connectivity index (χ4v) is 6.59. The molecule has 1 saturated carbocycles. The van der Waals surface area contributed by atoms with Gasteiger partial charge < -0.3 is 14.6 Å². The molecule has 0 unspecified atom stereocenters. The average Bonchev–Trinajstić information content (AvgIpc) is 3.33. The molecule has 2 aliphatic rings. The van der Waals surface area contributed by atoms with E-state index in [4.69, 9.17) is 9.47 Å². The Bertz CT molecular complexity index is 1430. The standard InChI is InChI=1S/C31H38N4O3Si/c1-39(2,3)13-12-37-22-35-29(10-11-33-35)26-7-9-30(32-18-26)38-28-8-6-24-14-23(4-5-25(24)15-28)19-34-20-31(21-34)16-27(36)17-31/h4-11,14-15,18,27,36H,12-13,16-17,19-22H2,1-3H3. The number of fused-ring (bicyclic) bond motifs is 1. The summed E-state index contributed by atoms with van der Waals surface area (Å²) in [5, 5.41) is 16.4. The summed E-state index contributed by atoms with van der Waals surface area (Å²) >= 11 is 0. The number of likely N-dealkylation sites (tertiary alicyclic amines) is 1. The Morgan fingerprint density at radius 2 is 1.79 bits per heavy atom. The first kappa shape index (κ1) is 26.2. The van der Waals surface area contributed by atoms with Crippen LogP contribution in [-0.2, 0) is 18.0 Å². The lowest BCUT2D eigenvalue weighted by Crippen LogP contribution is -2.63. The molecule has 4 aromatic rings. The van der Waals surface area contributed by atoms with Crippen LogP contribution in [0.1, 0.15) is 18.4 Å². The van der Waals surface area contributed by atoms with E-state index in [1.54, 1.807) is 6.20 Å². The highest BCUT2D eigenvalue weighted by Gasteiger charge is 2.51. The van der Waals surface area contributed by atoms with E-state index in [1.807, 2.05) is 35.1 Å². The van der Waals surface area contributed by atoms with Gasteiger partial charge in [0.05, 0.1) is 11.8 Å². The van der Waals surface area contributed by atoms with Gasteiger partial charge in [-0.1, -0.05) is 37.8 Å². The van der Waals surface area contributed by atoms with Crippen molar-refractivity contribution in [1.82, 2.24) is 19.7 Å². The summed E-state index contributed by atoms with van der Waals surface area (Å²) in [6.45, 7) is 11.4. The maximum absolute atomic E-state index is 9.63. The largest absolute Gasteiger partial charge is 0.439 e. The quantitative estimate of drug-likeness (QED) is 0.191. The molecule has 1 spiro atoms. The van der Waals surface area contributed by atoms with E-state index < -0.39 is 8.07 Å². The molecule has 0 bridgehead atoms. The van der Waals surface area contributed by atoms with E-state index in [0.717, 1.165) is 67.5 Å². The zero-order valence-electron chi connectivity index (χ0n) is 23.1. The van der Waals surface area contributed by atoms with Gasteiger partial charge in [0.2, 0.25) is 5.88 Å². The van der Waals surface area contributed by atoms with Gasteiger partial charge in [0, 0.05) is 63.8 Å². The van der Waals surface area contributed by atoms with E-state index in [0.29, 0.717) is 18.0 Å². The van der Waals surface area contributed by atoms with E-state index in [1.165, 1.54) is 10.9 Å². The maximum Gasteiger partial charge on any atom is 0.219 e. The Morgan fingerprint density at radius 1 is 1.00 bits per heavy atom. The van der Waals surface area contributed by atoms with Gasteiger partial charge in [-0.05, 0) is 65.6 Å². The number of hydrogen-bond acceptors (Lipinski definition) is 6. The summed E-state index contributed by atoms with van der Waals surface area (Å²) in [6, 6.07) is 19.9. The average molecular weight is 543 g/mol. The molecule has 1 N–H and O–H groups in total. The van der Waals surface area contributed by atoms with Gasteiger partial charge in [0.1, 0.15) is 12.5 Å². The van der Waals surface area contributed by atoms with Crippen molar-refractivity contribution in [2.45, 2.75) is 57.9 Å². The highest BCUT2D eigenvalue weighted by Crippen LogP contribution is 2.48. The van der Waals surface area contributed by atoms with Crippen molar-refractivity contribution in [2.24, 2.45) is 5.41 Å². The highest BCUT2D eigenvalue weighted by molar-refractivity contribution is 6.76. The lowest BCUT2D eigenvalue weighted by atomic mass is 9.62. The SMILES string of the molecule is C[Si](C)(C)CCOCn1nccc1-c1ccc(Oc2ccc3cc(CN4CC5(CC(O)C5)C4)ccc3c2)nc1. The molecule has 0 radical (unpaired) electrons. The molecule has 6 rings (SSSR count). The molecule has 7 nitrogen and oxygen atoms in total. The van der Waals surface area contributed by atoms with Crippen LogP contribution in [0, 0.1) is 5.41 Å². The summed E-state index contributed by atoms with van der Waals surface area (Å²) in [6.07, 6.45) is 5.49. The molecular formula is C31H38N4O3Si. The number of aliphatic hydroxyl groups is 1. The molecular weight excluding hydrogens is 504 g/mol. The number of pyridine rings is 1. The van der Waals surface area contributed by atoms with Gasteiger partial charge in [-0.3, -0.25) is 4.90 Å². The smallest absolute Gasteiger partial charge is 0.219 e. The van der Waals surface area contributed by atoms with Crippen LogP contribution in [0.25, 0.3) is 22.0 Å². The molecule has 1 aliphatic carbocycles. The topological polar surface area (TPSA) is 72.6 Å². The molecule has 8 heteroatoms. The predicted molar refractivity (Wildman–Crippen MR) is 157 cm³/mol. The van der Waals surface area contributed by atoms with Crippen LogP contribution in [0.4, 0.5) is 0 Å². The number of ether oxygens (including phenoxy) is 2. The van der Waals surface area contributed by atoms with Crippen molar-refractivity contribution in [1.29, 1.82) is 0 Å². The predicted octanol–water partition coefficient (Wildman–Crippen LogP) is 6.16. The zero-order chi connectivity index (χ0) is 27.0. The van der Waals surface area contributed by atoms with Gasteiger partial charge >= 0.3 is 0 Å². The van der Waals surface area contributed by atoms with Gasteiger partial charge in [-0.2, -0.15) is 5.10 Å². The Hall–Kier alpha value is -3.04. The number of aromatic nitrogens is 3. The lowest BCUT2D eigenvalue weighted by molar-refractivity contribution is -0.131. The van der Waals surface area contributed by atoms with E-state index in [9.17, 15) is 5.11 Å². The minimum Gasteiger partial charge on any atom is -0.439 e. The van der Waals surface area contributed by atoms with E-state index in [-0.39, 0.29) is 6.10 Å². The van der Waals surface area contributed by atoms with Crippen molar-refractivity contribution in [2.75, 3.05) is 19.7 Å². The molecule has 204 valence electrons. The van der Waals surface area contributed by atoms with Crippen LogP contribution in [-0.4, -0.2) is 58.6 Å². The fraction of sp³-hybridized carbons (Fsp3) is 0.419. The van der Waals surface area contributed by atoms with Crippen LogP contribution in [0.5, 0.6) is 11.6 Å². The second-order valence-electron chi connectivity index (χ2n) is 12.6. The fourth-order valence-electron chi connectivity index (χ4n) is 5.83. The van der Waals surface area contributed by atoms with Crippen molar-refractivity contribution >= 4 is 18.8 Å². The normalized spacial score (nSPS) is 17.3. The third-order valence-electron chi connectivity index (χ3n) is 7.92. The number of rotatable bonds is 10. The molecule has 3 heterocycles. The van der Waals surface area contributed by atoms with E-state index >= 15 is 0 Å². The van der Waals surface area contributed by atoms with Crippen LogP contribution < -0.4 is 4.74 Å². The first-order valence-electron chi connectivity index (χ1n) is 13.9. The molecule has 0 atom stereocenters. The van der Waals surface area contributed by atoms with Crippen LogP contribution in [0.15, 0.2) is 67.0 Å². The van der Waals surface area contributed by atoms with Crippen LogP contribution in [0.2, 0.25) is 25.7 Å². The number of benzene rings is 2. The third-order valence-corrected chi connectivity index (χ3v) is 9.62. The molecule has 0 amide bonds. The lowest BCUT2D eigenvalue weighted by Gasteiger charge is -2.58. The van der Waals surface area contributed by atoms with Crippen molar-refractivity contribution in [3.05, 3.63) is 72.6 Å². The molecule has 1 aliphatic heterocycles. The summed E-state index contributed by atoms with van der Waals surface area (Å²) in [5.41, 5.74) is 3.67. The summed E-state index contributed by atoms with van der Waals surface area (Å²) < 4.78 is 13.8. The molecule has 39 heavy (non-hydrogen) atoms. The summed E-state index contributed by atoms with van der Waals surface area (Å²) in [7, 11) is -1.11. The molecule has 2 fully saturated rings. The van der Waals surface area contributed by atoms with Gasteiger partial charge in [-0.15, -0.1) is 0 Å². The van der Waals surface area contributed by atoms with Crippen LogP contribution >= 0.6 is 0 Å². The summed E-state index contributed by atoms with van der Waals surface area (Å²) in [5.74, 6) is 1.32. The first-order chi connectivity index (χ1) is 18.7.